The number of nitrogens with one attached hydrogen (secondary N) is 2. The predicted octanol–water partition coefficient (Wildman–Crippen LogP) is 0.787. The number of rotatable bonds is 4. The molecule has 0 fully saturated rings. The summed E-state index contributed by atoms with van der Waals surface area (Å²) in [5, 5.41) is 14.3. The minimum Gasteiger partial charge on any atom is -0.481 e. The fourth-order valence-electron chi connectivity index (χ4n) is 1.93. The number of hydrogen-bond donors (Lipinski definition) is 3. The zero-order valence-electron chi connectivity index (χ0n) is 9.27. The first-order chi connectivity index (χ1) is 8.18. The second-order valence-corrected chi connectivity index (χ2v) is 3.96. The van der Waals surface area contributed by atoms with Gasteiger partial charge in [0.05, 0.1) is 12.3 Å². The van der Waals surface area contributed by atoms with E-state index in [9.17, 15) is 9.59 Å². The van der Waals surface area contributed by atoms with Crippen molar-refractivity contribution in [2.45, 2.75) is 12.3 Å². The van der Waals surface area contributed by atoms with Crippen LogP contribution in [0.1, 0.15) is 17.9 Å². The topological polar surface area (TPSA) is 78.4 Å². The number of carboxylic acids is 1. The third kappa shape index (κ3) is 2.55. The third-order valence-corrected chi connectivity index (χ3v) is 2.79. The number of carbonyl (C=O) groups excluding carboxylic acids is 1. The van der Waals surface area contributed by atoms with Gasteiger partial charge in [-0.15, -0.1) is 0 Å². The van der Waals surface area contributed by atoms with Crippen LogP contribution in [0.15, 0.2) is 24.3 Å². The molecule has 90 valence electrons. The second kappa shape index (κ2) is 4.86. The fraction of sp³-hybridized carbons (Fsp3) is 0.333. The van der Waals surface area contributed by atoms with Crippen LogP contribution in [0.2, 0.25) is 0 Å². The van der Waals surface area contributed by atoms with Crippen LogP contribution >= 0.6 is 0 Å². The quantitative estimate of drug-likeness (QED) is 0.719. The van der Waals surface area contributed by atoms with Crippen molar-refractivity contribution in [2.24, 2.45) is 0 Å². The molecule has 0 spiro atoms. The van der Waals surface area contributed by atoms with Gasteiger partial charge in [0.2, 0.25) is 5.91 Å². The van der Waals surface area contributed by atoms with Gasteiger partial charge in [-0.3, -0.25) is 9.59 Å². The molecular weight excluding hydrogens is 220 g/mol. The van der Waals surface area contributed by atoms with Crippen molar-refractivity contribution in [3.05, 3.63) is 29.8 Å². The number of carbonyl (C=O) groups is 2. The summed E-state index contributed by atoms with van der Waals surface area (Å²) in [6.07, 6.45) is -0.0481. The zero-order chi connectivity index (χ0) is 12.3. The third-order valence-electron chi connectivity index (χ3n) is 2.79. The highest BCUT2D eigenvalue weighted by atomic mass is 16.4. The summed E-state index contributed by atoms with van der Waals surface area (Å²) in [5.74, 6) is -1.25. The van der Waals surface area contributed by atoms with Crippen molar-refractivity contribution in [3.63, 3.8) is 0 Å². The van der Waals surface area contributed by atoms with E-state index >= 15 is 0 Å². The van der Waals surface area contributed by atoms with E-state index in [1.807, 2.05) is 24.3 Å². The maximum atomic E-state index is 11.8. The van der Waals surface area contributed by atoms with Crippen LogP contribution in [0.5, 0.6) is 0 Å². The number of carboxylic acid groups (broad SMARTS) is 1. The Bertz CT molecular complexity index is 445. The van der Waals surface area contributed by atoms with Crippen molar-refractivity contribution in [1.29, 1.82) is 0 Å². The Morgan fingerprint density at radius 2 is 2.18 bits per heavy atom. The molecule has 5 heteroatoms. The van der Waals surface area contributed by atoms with E-state index in [1.54, 1.807) is 0 Å². The van der Waals surface area contributed by atoms with Crippen LogP contribution in [0.25, 0.3) is 0 Å². The summed E-state index contributed by atoms with van der Waals surface area (Å²) in [7, 11) is 0. The first-order valence-electron chi connectivity index (χ1n) is 5.51. The van der Waals surface area contributed by atoms with Gasteiger partial charge in [-0.25, -0.2) is 0 Å². The summed E-state index contributed by atoms with van der Waals surface area (Å²) in [6, 6.07) is 7.65. The lowest BCUT2D eigenvalue weighted by Crippen LogP contribution is -2.31. The SMILES string of the molecule is O=C(O)CCNC(=O)C1CNc2ccccc21. The highest BCUT2D eigenvalue weighted by molar-refractivity contribution is 5.88. The van der Waals surface area contributed by atoms with Gasteiger partial charge in [-0.2, -0.15) is 0 Å². The van der Waals surface area contributed by atoms with Crippen molar-refractivity contribution in [2.75, 3.05) is 18.4 Å². The highest BCUT2D eigenvalue weighted by Crippen LogP contribution is 2.30. The summed E-state index contributed by atoms with van der Waals surface area (Å²) in [5.41, 5.74) is 1.95. The summed E-state index contributed by atoms with van der Waals surface area (Å²) >= 11 is 0. The average Bonchev–Trinajstić information content (AvgIpc) is 2.72. The van der Waals surface area contributed by atoms with E-state index in [0.29, 0.717) is 6.54 Å². The molecule has 1 aromatic rings. The van der Waals surface area contributed by atoms with Crippen LogP contribution < -0.4 is 10.6 Å². The van der Waals surface area contributed by atoms with Gasteiger partial charge >= 0.3 is 5.97 Å². The van der Waals surface area contributed by atoms with Crippen LogP contribution in [-0.4, -0.2) is 30.1 Å². The van der Waals surface area contributed by atoms with Gasteiger partial charge in [-0.1, -0.05) is 18.2 Å². The number of amides is 1. The first kappa shape index (κ1) is 11.4. The molecule has 0 aromatic heterocycles. The number of benzene rings is 1. The Labute approximate surface area is 98.8 Å². The molecule has 2 rings (SSSR count). The maximum Gasteiger partial charge on any atom is 0.305 e. The van der Waals surface area contributed by atoms with Crippen molar-refractivity contribution in [3.8, 4) is 0 Å². The predicted molar refractivity (Wildman–Crippen MR) is 62.9 cm³/mol. The minimum absolute atomic E-state index is 0.0481. The largest absolute Gasteiger partial charge is 0.481 e. The van der Waals surface area contributed by atoms with E-state index in [2.05, 4.69) is 10.6 Å². The molecule has 0 saturated carbocycles. The molecule has 1 aliphatic heterocycles. The molecule has 1 amide bonds. The van der Waals surface area contributed by atoms with Crippen LogP contribution in [0, 0.1) is 0 Å². The van der Waals surface area contributed by atoms with Crippen LogP contribution in [0.4, 0.5) is 5.69 Å². The molecule has 17 heavy (non-hydrogen) atoms. The Hall–Kier alpha value is -2.04. The molecule has 0 bridgehead atoms. The molecule has 1 aromatic carbocycles. The molecule has 1 unspecified atom stereocenters. The smallest absolute Gasteiger partial charge is 0.305 e. The summed E-state index contributed by atoms with van der Waals surface area (Å²) in [6.45, 7) is 0.741. The van der Waals surface area contributed by atoms with Crippen molar-refractivity contribution >= 4 is 17.6 Å². The Balaban J connectivity index is 1.96. The maximum absolute atomic E-state index is 11.8. The Morgan fingerprint density at radius 3 is 2.94 bits per heavy atom. The molecule has 1 aliphatic rings. The number of hydrogen-bond acceptors (Lipinski definition) is 3. The highest BCUT2D eigenvalue weighted by Gasteiger charge is 2.27. The monoisotopic (exact) mass is 234 g/mol. The van der Waals surface area contributed by atoms with Gasteiger partial charge < -0.3 is 15.7 Å². The Kier molecular flexibility index (Phi) is 3.27. The number of fused-ring (bicyclic) bond motifs is 1. The summed E-state index contributed by atoms with van der Waals surface area (Å²) < 4.78 is 0. The molecule has 0 radical (unpaired) electrons. The van der Waals surface area contributed by atoms with Crippen molar-refractivity contribution < 1.29 is 14.7 Å². The van der Waals surface area contributed by atoms with Gasteiger partial charge in [-0.05, 0) is 11.6 Å². The van der Waals surface area contributed by atoms with Crippen molar-refractivity contribution in [1.82, 2.24) is 5.32 Å². The number of aliphatic carboxylic acids is 1. The van der Waals surface area contributed by atoms with E-state index < -0.39 is 5.97 Å². The van der Waals surface area contributed by atoms with Crippen LogP contribution in [-0.2, 0) is 9.59 Å². The molecule has 0 saturated heterocycles. The Morgan fingerprint density at radius 1 is 1.41 bits per heavy atom. The molecule has 1 heterocycles. The van der Waals surface area contributed by atoms with Gasteiger partial charge in [0.1, 0.15) is 0 Å². The van der Waals surface area contributed by atoms with E-state index in [1.165, 1.54) is 0 Å². The molecular formula is C12H14N2O3. The fourth-order valence-corrected chi connectivity index (χ4v) is 1.93. The zero-order valence-corrected chi connectivity index (χ0v) is 9.27. The lowest BCUT2D eigenvalue weighted by atomic mass is 10.0. The average molecular weight is 234 g/mol. The standard InChI is InChI=1S/C12H14N2O3/c15-11(16)5-6-13-12(17)9-7-14-10-4-2-1-3-8(9)10/h1-4,9,14H,5-7H2,(H,13,17)(H,15,16). The van der Waals surface area contributed by atoms with Gasteiger partial charge in [0, 0.05) is 18.8 Å². The number of anilines is 1. The van der Waals surface area contributed by atoms with Gasteiger partial charge in [0.25, 0.3) is 0 Å². The normalized spacial score (nSPS) is 17.1. The molecule has 1 atom stereocenters. The molecule has 5 nitrogen and oxygen atoms in total. The summed E-state index contributed by atoms with van der Waals surface area (Å²) in [4.78, 5) is 22.2. The van der Waals surface area contributed by atoms with E-state index in [0.717, 1.165) is 11.3 Å². The van der Waals surface area contributed by atoms with E-state index in [-0.39, 0.29) is 24.8 Å². The minimum atomic E-state index is -0.907. The van der Waals surface area contributed by atoms with Gasteiger partial charge in [0.15, 0.2) is 0 Å². The lowest BCUT2D eigenvalue weighted by Gasteiger charge is -2.10. The van der Waals surface area contributed by atoms with Crippen LogP contribution in [0.3, 0.4) is 0 Å². The number of para-hydroxylation sites is 1. The first-order valence-corrected chi connectivity index (χ1v) is 5.51. The second-order valence-electron chi connectivity index (χ2n) is 3.96. The van der Waals surface area contributed by atoms with E-state index in [4.69, 9.17) is 5.11 Å². The lowest BCUT2D eigenvalue weighted by molar-refractivity contribution is -0.136. The molecule has 0 aliphatic carbocycles. The molecule has 3 N–H and O–H groups in total.